The van der Waals surface area contributed by atoms with E-state index in [1.54, 1.807) is 17.8 Å². The molecule has 0 aromatic heterocycles. The van der Waals surface area contributed by atoms with Gasteiger partial charge in [0, 0.05) is 11.3 Å². The van der Waals surface area contributed by atoms with Crippen molar-refractivity contribution in [1.82, 2.24) is 0 Å². The van der Waals surface area contributed by atoms with Crippen LogP contribution in [0, 0.1) is 0 Å². The van der Waals surface area contributed by atoms with Crippen LogP contribution in [0.2, 0.25) is 0 Å². The second kappa shape index (κ2) is 6.82. The predicted octanol–water partition coefficient (Wildman–Crippen LogP) is 4.10. The highest BCUT2D eigenvalue weighted by molar-refractivity contribution is 8.03. The standard InChI is InChI=1S/C16H14OS/c17-12-11-16(13-14-7-3-1-4-8-14)18-15-9-5-2-6-10-15/h1-12H,13H2/b16-11+. The van der Waals surface area contributed by atoms with Gasteiger partial charge in [-0.3, -0.25) is 4.79 Å². The lowest BCUT2D eigenvalue weighted by Gasteiger charge is -2.06. The predicted molar refractivity (Wildman–Crippen MR) is 76.6 cm³/mol. The molecule has 0 radical (unpaired) electrons. The molecular formula is C16H14OS. The summed E-state index contributed by atoms with van der Waals surface area (Å²) in [5.74, 6) is 0. The Bertz CT molecular complexity index is 474. The summed E-state index contributed by atoms with van der Waals surface area (Å²) in [5.41, 5.74) is 1.22. The third-order valence-electron chi connectivity index (χ3n) is 2.47. The van der Waals surface area contributed by atoms with Gasteiger partial charge in [-0.25, -0.2) is 0 Å². The molecule has 2 aromatic rings. The minimum Gasteiger partial charge on any atom is -0.299 e. The number of carbonyl (C=O) groups excluding carboxylic acids is 1. The van der Waals surface area contributed by atoms with Crippen molar-refractivity contribution in [2.45, 2.75) is 11.3 Å². The lowest BCUT2D eigenvalue weighted by Crippen LogP contribution is -1.87. The molecule has 0 amide bonds. The Labute approximate surface area is 112 Å². The Kier molecular flexibility index (Phi) is 4.79. The van der Waals surface area contributed by atoms with E-state index in [-0.39, 0.29) is 0 Å². The molecule has 0 fully saturated rings. The Hall–Kier alpha value is -1.80. The third-order valence-corrected chi connectivity index (χ3v) is 3.52. The highest BCUT2D eigenvalue weighted by Gasteiger charge is 2.02. The summed E-state index contributed by atoms with van der Waals surface area (Å²) in [6.45, 7) is 0. The zero-order chi connectivity index (χ0) is 12.6. The van der Waals surface area contributed by atoms with Crippen LogP contribution < -0.4 is 0 Å². The largest absolute Gasteiger partial charge is 0.299 e. The number of hydrogen-bond donors (Lipinski definition) is 0. The zero-order valence-corrected chi connectivity index (χ0v) is 10.8. The number of rotatable bonds is 5. The molecule has 0 heterocycles. The van der Waals surface area contributed by atoms with E-state index in [4.69, 9.17) is 0 Å². The summed E-state index contributed by atoms with van der Waals surface area (Å²) < 4.78 is 0. The summed E-state index contributed by atoms with van der Waals surface area (Å²) in [4.78, 5) is 12.9. The maximum Gasteiger partial charge on any atom is 0.143 e. The molecule has 1 nitrogen and oxygen atoms in total. The number of carbonyl (C=O) groups is 1. The van der Waals surface area contributed by atoms with E-state index in [0.29, 0.717) is 0 Å². The van der Waals surface area contributed by atoms with E-state index in [1.165, 1.54) is 5.56 Å². The van der Waals surface area contributed by atoms with Crippen LogP contribution in [-0.2, 0) is 11.2 Å². The molecule has 0 atom stereocenters. The van der Waals surface area contributed by atoms with Gasteiger partial charge >= 0.3 is 0 Å². The van der Waals surface area contributed by atoms with Crippen LogP contribution in [0.3, 0.4) is 0 Å². The van der Waals surface area contributed by atoms with Gasteiger partial charge in [-0.1, -0.05) is 60.3 Å². The lowest BCUT2D eigenvalue weighted by atomic mass is 10.1. The second-order valence-corrected chi connectivity index (χ2v) is 5.05. The van der Waals surface area contributed by atoms with E-state index in [9.17, 15) is 4.79 Å². The molecule has 2 aromatic carbocycles. The highest BCUT2D eigenvalue weighted by atomic mass is 32.2. The summed E-state index contributed by atoms with van der Waals surface area (Å²) in [6, 6.07) is 20.3. The van der Waals surface area contributed by atoms with Crippen molar-refractivity contribution >= 4 is 18.0 Å². The van der Waals surface area contributed by atoms with Crippen molar-refractivity contribution in [1.29, 1.82) is 0 Å². The van der Waals surface area contributed by atoms with Gasteiger partial charge in [0.05, 0.1) is 0 Å². The van der Waals surface area contributed by atoms with Gasteiger partial charge in [0.2, 0.25) is 0 Å². The molecule has 90 valence electrons. The molecule has 0 saturated carbocycles. The Morgan fingerprint density at radius 3 is 2.17 bits per heavy atom. The monoisotopic (exact) mass is 254 g/mol. The summed E-state index contributed by atoms with van der Waals surface area (Å²) in [5, 5.41) is 0. The summed E-state index contributed by atoms with van der Waals surface area (Å²) in [7, 11) is 0. The van der Waals surface area contributed by atoms with Gasteiger partial charge in [-0.05, 0) is 28.7 Å². The molecule has 0 saturated heterocycles. The first-order chi connectivity index (χ1) is 8.88. The quantitative estimate of drug-likeness (QED) is 0.454. The number of thioether (sulfide) groups is 1. The van der Waals surface area contributed by atoms with Crippen LogP contribution >= 0.6 is 11.8 Å². The first-order valence-corrected chi connectivity index (χ1v) is 6.61. The molecule has 0 aliphatic heterocycles. The van der Waals surface area contributed by atoms with Crippen molar-refractivity contribution in [2.24, 2.45) is 0 Å². The fraction of sp³-hybridized carbons (Fsp3) is 0.0625. The van der Waals surface area contributed by atoms with Gasteiger partial charge < -0.3 is 0 Å². The van der Waals surface area contributed by atoms with Crippen LogP contribution in [0.4, 0.5) is 0 Å². The fourth-order valence-electron chi connectivity index (χ4n) is 1.64. The Morgan fingerprint density at radius 1 is 0.944 bits per heavy atom. The minimum absolute atomic E-state index is 0.791. The molecule has 0 aliphatic carbocycles. The van der Waals surface area contributed by atoms with E-state index < -0.39 is 0 Å². The highest BCUT2D eigenvalue weighted by Crippen LogP contribution is 2.28. The molecule has 0 N–H and O–H groups in total. The first-order valence-electron chi connectivity index (χ1n) is 5.79. The number of allylic oxidation sites excluding steroid dienone is 2. The Balaban J connectivity index is 2.10. The topological polar surface area (TPSA) is 17.1 Å². The van der Waals surface area contributed by atoms with Crippen LogP contribution in [-0.4, -0.2) is 6.29 Å². The van der Waals surface area contributed by atoms with E-state index in [0.717, 1.165) is 22.5 Å². The second-order valence-electron chi connectivity index (χ2n) is 3.85. The average molecular weight is 254 g/mol. The van der Waals surface area contributed by atoms with Crippen molar-refractivity contribution in [3.05, 3.63) is 77.2 Å². The molecule has 0 spiro atoms. The Morgan fingerprint density at radius 2 is 1.56 bits per heavy atom. The van der Waals surface area contributed by atoms with Crippen LogP contribution in [0.5, 0.6) is 0 Å². The molecule has 0 bridgehead atoms. The zero-order valence-electron chi connectivity index (χ0n) is 9.95. The van der Waals surface area contributed by atoms with Gasteiger partial charge in [0.15, 0.2) is 0 Å². The molecule has 0 unspecified atom stereocenters. The molecule has 2 rings (SSSR count). The van der Waals surface area contributed by atoms with Crippen molar-refractivity contribution in [3.8, 4) is 0 Å². The van der Waals surface area contributed by atoms with Crippen LogP contribution in [0.15, 0.2) is 76.5 Å². The van der Waals surface area contributed by atoms with Gasteiger partial charge in [0.1, 0.15) is 6.29 Å². The van der Waals surface area contributed by atoms with E-state index in [2.05, 4.69) is 12.1 Å². The molecule has 2 heteroatoms. The SMILES string of the molecule is O=C/C=C(\Cc1ccccc1)Sc1ccccc1. The maximum atomic E-state index is 10.7. The first kappa shape index (κ1) is 12.7. The molecule has 18 heavy (non-hydrogen) atoms. The maximum absolute atomic E-state index is 10.7. The number of benzene rings is 2. The number of hydrogen-bond acceptors (Lipinski definition) is 2. The minimum atomic E-state index is 0.791. The van der Waals surface area contributed by atoms with Crippen molar-refractivity contribution in [2.75, 3.05) is 0 Å². The average Bonchev–Trinajstić information content (AvgIpc) is 2.41. The normalized spacial score (nSPS) is 11.2. The summed E-state index contributed by atoms with van der Waals surface area (Å²) >= 11 is 1.64. The van der Waals surface area contributed by atoms with Crippen LogP contribution in [0.25, 0.3) is 0 Å². The lowest BCUT2D eigenvalue weighted by molar-refractivity contribution is -0.104. The third kappa shape index (κ3) is 3.90. The van der Waals surface area contributed by atoms with Gasteiger partial charge in [-0.2, -0.15) is 0 Å². The smallest absolute Gasteiger partial charge is 0.143 e. The van der Waals surface area contributed by atoms with Gasteiger partial charge in [-0.15, -0.1) is 0 Å². The van der Waals surface area contributed by atoms with E-state index >= 15 is 0 Å². The number of aldehydes is 1. The van der Waals surface area contributed by atoms with Crippen molar-refractivity contribution < 1.29 is 4.79 Å². The fourth-order valence-corrected chi connectivity index (χ4v) is 2.60. The van der Waals surface area contributed by atoms with Crippen molar-refractivity contribution in [3.63, 3.8) is 0 Å². The molecule has 0 aliphatic rings. The van der Waals surface area contributed by atoms with Crippen LogP contribution in [0.1, 0.15) is 5.56 Å². The van der Waals surface area contributed by atoms with E-state index in [1.807, 2.05) is 48.5 Å². The molecular weight excluding hydrogens is 240 g/mol. The summed E-state index contributed by atoms with van der Waals surface area (Å²) in [6.07, 6.45) is 3.29. The van der Waals surface area contributed by atoms with Gasteiger partial charge in [0.25, 0.3) is 0 Å².